The largest absolute Gasteiger partial charge is 0.360 e. The first-order valence-corrected chi connectivity index (χ1v) is 9.42. The molecule has 0 spiro atoms. The maximum absolute atomic E-state index is 12.3. The van der Waals surface area contributed by atoms with Crippen LogP contribution in [0.15, 0.2) is 39.1 Å². The highest BCUT2D eigenvalue weighted by molar-refractivity contribution is 7.94. The Morgan fingerprint density at radius 1 is 1.12 bits per heavy atom. The normalized spacial score (nSPS) is 11.4. The lowest BCUT2D eigenvalue weighted by molar-refractivity contribution is 0.400. The van der Waals surface area contributed by atoms with Crippen LogP contribution in [0, 0.1) is 6.92 Å². The molecular weight excluding hydrogens is 350 g/mol. The van der Waals surface area contributed by atoms with E-state index >= 15 is 0 Å². The molecule has 0 aliphatic rings. The van der Waals surface area contributed by atoms with E-state index in [9.17, 15) is 8.42 Å². The third-order valence-corrected chi connectivity index (χ3v) is 6.11. The van der Waals surface area contributed by atoms with Crippen molar-refractivity contribution in [2.24, 2.45) is 0 Å². The van der Waals surface area contributed by atoms with Gasteiger partial charge in [0.25, 0.3) is 10.0 Å². The number of aromatic nitrogens is 3. The highest BCUT2D eigenvalue weighted by atomic mass is 32.2. The summed E-state index contributed by atoms with van der Waals surface area (Å²) in [6.07, 6.45) is 0.794. The summed E-state index contributed by atoms with van der Waals surface area (Å²) >= 11 is 1.24. The van der Waals surface area contributed by atoms with Crippen LogP contribution in [0.3, 0.4) is 0 Å². The third kappa shape index (κ3) is 3.71. The van der Waals surface area contributed by atoms with Crippen LogP contribution in [-0.4, -0.2) is 23.8 Å². The van der Waals surface area contributed by atoms with Crippen molar-refractivity contribution in [1.82, 2.24) is 15.4 Å². The second kappa shape index (κ2) is 6.57. The van der Waals surface area contributed by atoms with Crippen LogP contribution in [-0.2, 0) is 16.4 Å². The van der Waals surface area contributed by atoms with Gasteiger partial charge in [0.15, 0.2) is 17.5 Å². The van der Waals surface area contributed by atoms with Gasteiger partial charge in [-0.25, -0.2) is 8.42 Å². The number of aryl methyl sites for hydroxylation is 2. The predicted molar refractivity (Wildman–Crippen MR) is 91.1 cm³/mol. The van der Waals surface area contributed by atoms with Crippen LogP contribution < -0.4 is 10.0 Å². The second-order valence-electron chi connectivity index (χ2n) is 4.93. The zero-order valence-corrected chi connectivity index (χ0v) is 14.6. The van der Waals surface area contributed by atoms with Gasteiger partial charge in [-0.05, 0) is 37.6 Å². The Hall–Kier alpha value is -2.46. The van der Waals surface area contributed by atoms with Crippen molar-refractivity contribution in [3.05, 3.63) is 41.0 Å². The van der Waals surface area contributed by atoms with E-state index in [4.69, 9.17) is 4.52 Å². The average molecular weight is 365 g/mol. The molecule has 3 heterocycles. The number of sulfonamides is 1. The highest BCUT2D eigenvalue weighted by Gasteiger charge is 2.17. The average Bonchev–Trinajstić information content (AvgIpc) is 3.18. The molecule has 3 aromatic heterocycles. The van der Waals surface area contributed by atoms with Crippen LogP contribution in [0.1, 0.15) is 17.6 Å². The minimum atomic E-state index is -3.65. The molecule has 10 heteroatoms. The molecule has 3 aromatic rings. The number of nitrogens with zero attached hydrogens (tertiary/aromatic N) is 3. The van der Waals surface area contributed by atoms with Gasteiger partial charge in [0.2, 0.25) is 0 Å². The molecule has 0 amide bonds. The fraction of sp³-hybridized carbons (Fsp3) is 0.214. The molecule has 126 valence electrons. The quantitative estimate of drug-likeness (QED) is 0.691. The summed E-state index contributed by atoms with van der Waals surface area (Å²) in [5.41, 5.74) is 0. The minimum absolute atomic E-state index is 0.142. The molecular formula is C14H15N5O3S2. The molecule has 0 bridgehead atoms. The van der Waals surface area contributed by atoms with Crippen molar-refractivity contribution in [3.63, 3.8) is 0 Å². The first-order chi connectivity index (χ1) is 11.5. The van der Waals surface area contributed by atoms with E-state index < -0.39 is 10.0 Å². The molecule has 0 aromatic carbocycles. The molecule has 2 N–H and O–H groups in total. The first-order valence-electron chi connectivity index (χ1n) is 7.12. The zero-order valence-electron chi connectivity index (χ0n) is 13.0. The van der Waals surface area contributed by atoms with Crippen molar-refractivity contribution in [1.29, 1.82) is 0 Å². The van der Waals surface area contributed by atoms with Gasteiger partial charge in [-0.2, -0.15) is 0 Å². The van der Waals surface area contributed by atoms with Crippen LogP contribution in [0.25, 0.3) is 0 Å². The molecule has 0 radical (unpaired) electrons. The number of hydrogen-bond acceptors (Lipinski definition) is 8. The number of anilines is 3. The fourth-order valence-electron chi connectivity index (χ4n) is 1.89. The topological polar surface area (TPSA) is 110 Å². The predicted octanol–water partition coefficient (Wildman–Crippen LogP) is 2.94. The van der Waals surface area contributed by atoms with Gasteiger partial charge in [-0.1, -0.05) is 12.1 Å². The Bertz CT molecular complexity index is 931. The van der Waals surface area contributed by atoms with E-state index in [1.165, 1.54) is 17.4 Å². The minimum Gasteiger partial charge on any atom is -0.360 e. The van der Waals surface area contributed by atoms with E-state index in [-0.39, 0.29) is 10.0 Å². The molecule has 0 atom stereocenters. The Labute approximate surface area is 143 Å². The Balaban J connectivity index is 1.71. The van der Waals surface area contributed by atoms with E-state index in [0.717, 1.165) is 11.3 Å². The lowest BCUT2D eigenvalue weighted by Crippen LogP contribution is -2.13. The Kier molecular flexibility index (Phi) is 4.49. The molecule has 0 unspecified atom stereocenters. The van der Waals surface area contributed by atoms with Crippen molar-refractivity contribution in [2.45, 2.75) is 24.5 Å². The fourth-order valence-corrected chi connectivity index (χ4v) is 4.18. The van der Waals surface area contributed by atoms with Crippen LogP contribution >= 0.6 is 11.3 Å². The monoisotopic (exact) mass is 365 g/mol. The van der Waals surface area contributed by atoms with Crippen molar-refractivity contribution in [3.8, 4) is 0 Å². The van der Waals surface area contributed by atoms with E-state index in [2.05, 4.69) is 25.4 Å². The highest BCUT2D eigenvalue weighted by Crippen LogP contribution is 2.24. The zero-order chi connectivity index (χ0) is 17.2. The lowest BCUT2D eigenvalue weighted by Gasteiger charge is -2.05. The standard InChI is InChI=1S/C14H15N5O3S2/c1-3-10-4-7-14(23-10)24(20,21)19-12-6-5-11(16-17-12)15-13-8-9(2)22-18-13/h4-8H,3H2,1-2H3,(H,17,19)(H,15,16,18). The molecule has 0 aliphatic heterocycles. The second-order valence-corrected chi connectivity index (χ2v) is 8.01. The van der Waals surface area contributed by atoms with E-state index in [1.54, 1.807) is 31.2 Å². The van der Waals surface area contributed by atoms with Gasteiger partial charge in [0.1, 0.15) is 9.97 Å². The van der Waals surface area contributed by atoms with Crippen molar-refractivity contribution >= 4 is 38.8 Å². The van der Waals surface area contributed by atoms with Gasteiger partial charge < -0.3 is 9.84 Å². The SMILES string of the molecule is CCc1ccc(S(=O)(=O)Nc2ccc(Nc3cc(C)on3)nn2)s1. The molecule has 24 heavy (non-hydrogen) atoms. The van der Waals surface area contributed by atoms with Crippen LogP contribution in [0.5, 0.6) is 0 Å². The molecule has 0 aliphatic carbocycles. The van der Waals surface area contributed by atoms with Gasteiger partial charge in [0, 0.05) is 10.9 Å². The van der Waals surface area contributed by atoms with Crippen molar-refractivity contribution < 1.29 is 12.9 Å². The van der Waals surface area contributed by atoms with Crippen molar-refractivity contribution in [2.75, 3.05) is 10.0 Å². The van der Waals surface area contributed by atoms with Gasteiger partial charge >= 0.3 is 0 Å². The van der Waals surface area contributed by atoms with Crippen LogP contribution in [0.2, 0.25) is 0 Å². The molecule has 8 nitrogen and oxygen atoms in total. The molecule has 0 saturated carbocycles. The van der Waals surface area contributed by atoms with E-state index in [1.807, 2.05) is 6.92 Å². The summed E-state index contributed by atoms with van der Waals surface area (Å²) in [5.74, 6) is 1.73. The van der Waals surface area contributed by atoms with Gasteiger partial charge in [0.05, 0.1) is 0 Å². The Morgan fingerprint density at radius 3 is 2.46 bits per heavy atom. The maximum atomic E-state index is 12.3. The van der Waals surface area contributed by atoms with Gasteiger partial charge in [-0.15, -0.1) is 21.5 Å². The maximum Gasteiger partial charge on any atom is 0.272 e. The molecule has 0 fully saturated rings. The number of thiophene rings is 1. The number of nitrogens with one attached hydrogen (secondary N) is 2. The summed E-state index contributed by atoms with van der Waals surface area (Å²) in [4.78, 5) is 1.00. The van der Waals surface area contributed by atoms with Gasteiger partial charge in [-0.3, -0.25) is 4.72 Å². The molecule has 3 rings (SSSR count). The number of hydrogen-bond donors (Lipinski definition) is 2. The lowest BCUT2D eigenvalue weighted by atomic mass is 10.4. The summed E-state index contributed by atoms with van der Waals surface area (Å²) < 4.78 is 32.2. The smallest absolute Gasteiger partial charge is 0.272 e. The van der Waals surface area contributed by atoms with Crippen LogP contribution in [0.4, 0.5) is 17.5 Å². The summed E-state index contributed by atoms with van der Waals surface area (Å²) in [6.45, 7) is 3.75. The summed E-state index contributed by atoms with van der Waals surface area (Å²) in [7, 11) is -3.65. The number of rotatable bonds is 6. The summed E-state index contributed by atoms with van der Waals surface area (Å²) in [6, 6.07) is 8.22. The first kappa shape index (κ1) is 16.4. The Morgan fingerprint density at radius 2 is 1.88 bits per heavy atom. The molecule has 0 saturated heterocycles. The van der Waals surface area contributed by atoms with E-state index in [0.29, 0.717) is 17.4 Å². The third-order valence-electron chi connectivity index (χ3n) is 3.04. The summed E-state index contributed by atoms with van der Waals surface area (Å²) in [5, 5.41) is 14.5.